The van der Waals surface area contributed by atoms with Crippen LogP contribution in [0.1, 0.15) is 81.9 Å². The van der Waals surface area contributed by atoms with Crippen LogP contribution in [0.3, 0.4) is 0 Å². The van der Waals surface area contributed by atoms with Crippen LogP contribution < -0.4 is 0 Å². The van der Waals surface area contributed by atoms with Gasteiger partial charge in [0.05, 0.1) is 0 Å². The number of ketones is 1. The number of allylic oxidation sites excluding steroid dienone is 1. The zero-order valence-corrected chi connectivity index (χ0v) is 24.2. The van der Waals surface area contributed by atoms with Crippen molar-refractivity contribution in [2.45, 2.75) is 67.7 Å². The van der Waals surface area contributed by atoms with E-state index in [1.165, 1.54) is 19.0 Å². The Kier molecular flexibility index (Phi) is 25.0. The number of benzene rings is 2. The average Bonchev–Trinajstić information content (AvgIpc) is 2.89. The number of aliphatic imine (C=N–C) groups is 2. The summed E-state index contributed by atoms with van der Waals surface area (Å²) in [6.45, 7) is 24.3. The zero-order chi connectivity index (χ0) is 29.4. The predicted octanol–water partition coefficient (Wildman–Crippen LogP) is 9.21. The van der Waals surface area contributed by atoms with Crippen molar-refractivity contribution in [3.05, 3.63) is 83.9 Å². The first kappa shape index (κ1) is 38.1. The molecule has 0 aromatic heterocycles. The summed E-state index contributed by atoms with van der Waals surface area (Å²) in [4.78, 5) is 17.6. The van der Waals surface area contributed by atoms with Crippen molar-refractivity contribution in [1.82, 2.24) is 0 Å². The molecule has 0 spiro atoms. The molecule has 0 N–H and O–H groups in total. The number of carbonyl (C=O) groups excluding carboxylic acids is 1. The lowest BCUT2D eigenvalue weighted by molar-refractivity contribution is 0.101. The van der Waals surface area contributed by atoms with Crippen LogP contribution in [0.2, 0.25) is 0 Å². The van der Waals surface area contributed by atoms with Crippen LogP contribution in [0.4, 0.5) is 8.78 Å². The lowest BCUT2D eigenvalue weighted by Gasteiger charge is -2.10. The van der Waals surface area contributed by atoms with Gasteiger partial charge in [-0.2, -0.15) is 8.78 Å². The van der Waals surface area contributed by atoms with Crippen LogP contribution in [-0.2, 0) is 11.2 Å². The molecule has 0 heterocycles. The molecule has 0 amide bonds. The van der Waals surface area contributed by atoms with Gasteiger partial charge in [0.2, 0.25) is 0 Å². The fourth-order valence-electron chi connectivity index (χ4n) is 2.30. The van der Waals surface area contributed by atoms with Crippen molar-refractivity contribution >= 4 is 29.7 Å². The lowest BCUT2D eigenvalue weighted by Crippen LogP contribution is -2.13. The molecule has 2 aromatic carbocycles. The van der Waals surface area contributed by atoms with E-state index in [1.54, 1.807) is 26.1 Å². The number of aryl methyl sites for hydroxylation is 1. The third kappa shape index (κ3) is 18.5. The summed E-state index contributed by atoms with van der Waals surface area (Å²) in [6, 6.07) is 14.9. The summed E-state index contributed by atoms with van der Waals surface area (Å²) in [5.74, 6) is -0.346. The number of rotatable bonds is 6. The van der Waals surface area contributed by atoms with E-state index >= 15 is 0 Å². The first-order valence-corrected chi connectivity index (χ1v) is 12.3. The normalized spacial score (nSPS) is 9.46. The Morgan fingerprint density at radius 1 is 0.919 bits per heavy atom. The van der Waals surface area contributed by atoms with Crippen LogP contribution >= 0.6 is 0 Å². The van der Waals surface area contributed by atoms with Gasteiger partial charge in [0.1, 0.15) is 5.76 Å². The maximum atomic E-state index is 12.4. The van der Waals surface area contributed by atoms with Gasteiger partial charge in [-0.25, -0.2) is 0 Å². The predicted molar refractivity (Wildman–Crippen MR) is 159 cm³/mol. The van der Waals surface area contributed by atoms with Crippen molar-refractivity contribution in [3.8, 4) is 0 Å². The highest BCUT2D eigenvalue weighted by molar-refractivity contribution is 5.94. The van der Waals surface area contributed by atoms with Crippen LogP contribution in [0.25, 0.3) is 11.3 Å². The number of hydrogen-bond donors (Lipinski definition) is 0. The monoisotopic (exact) mass is 516 g/mol. The third-order valence-electron chi connectivity index (χ3n) is 4.08. The Morgan fingerprint density at radius 3 is 1.73 bits per heavy atom. The highest BCUT2D eigenvalue weighted by atomic mass is 19.3. The largest absolute Gasteiger partial charge is 0.438 e. The number of nitrogens with zero attached hydrogens (tertiary/aromatic N) is 2. The van der Waals surface area contributed by atoms with E-state index in [-0.39, 0.29) is 11.5 Å². The van der Waals surface area contributed by atoms with Crippen LogP contribution in [0.15, 0.2) is 71.7 Å². The lowest BCUT2D eigenvalue weighted by atomic mass is 10.0. The van der Waals surface area contributed by atoms with Gasteiger partial charge in [-0.3, -0.25) is 9.79 Å². The van der Waals surface area contributed by atoms with E-state index < -0.39 is 12.3 Å². The number of Topliss-reactive ketones (excluding diaryl/α,β-unsaturated/α-hetero) is 1. The Balaban J connectivity index is -0.000000502. The van der Waals surface area contributed by atoms with Crippen molar-refractivity contribution in [2.75, 3.05) is 14.1 Å². The average molecular weight is 517 g/mol. The minimum absolute atomic E-state index is 0.0955. The Labute approximate surface area is 223 Å². The second-order valence-corrected chi connectivity index (χ2v) is 7.38. The highest BCUT2D eigenvalue weighted by Crippen LogP contribution is 2.17. The number of alkyl halides is 2. The van der Waals surface area contributed by atoms with E-state index in [0.717, 1.165) is 23.1 Å². The van der Waals surface area contributed by atoms with Crippen LogP contribution in [0.5, 0.6) is 0 Å². The molecule has 2 rings (SSSR count). The summed E-state index contributed by atoms with van der Waals surface area (Å²) in [6.07, 6.45) is -0.557. The standard InChI is InChI=1S/C13H15F2NO.C11H12O.C3H8.C2H5N.C2H6/c1-4-10-5-7-11(8-6-10)9(2)17-13(16-3)12(14)15;1-8(2)10-5-4-6-11(7-10)9(3)12;2*1-3-2;1-2/h5-8,12H,2,4H2,1,3H3;4-7H,1H2,2-3H3;3H2,1-2H3;1H2,2H3;1-2H3. The van der Waals surface area contributed by atoms with E-state index in [2.05, 4.69) is 43.7 Å². The van der Waals surface area contributed by atoms with E-state index in [9.17, 15) is 13.6 Å². The second kappa shape index (κ2) is 24.3. The van der Waals surface area contributed by atoms with Crippen molar-refractivity contribution in [1.29, 1.82) is 0 Å². The molecule has 2 aromatic rings. The fourth-order valence-corrected chi connectivity index (χ4v) is 2.30. The number of halogens is 2. The SMILES string of the molecule is C=C(C)c1cccc(C(C)=O)c1.C=C(OC(=NC)C(F)F)c1ccc(CC)cc1.C=NC.CC.CCC. The molecule has 0 aliphatic heterocycles. The van der Waals surface area contributed by atoms with Gasteiger partial charge in [0, 0.05) is 25.2 Å². The summed E-state index contributed by atoms with van der Waals surface area (Å²) in [7, 11) is 2.90. The van der Waals surface area contributed by atoms with Gasteiger partial charge in [-0.1, -0.05) is 102 Å². The molecule has 0 bridgehead atoms. The van der Waals surface area contributed by atoms with Crippen molar-refractivity contribution < 1.29 is 18.3 Å². The molecule has 6 heteroatoms. The maximum Gasteiger partial charge on any atom is 0.312 e. The number of hydrogen-bond acceptors (Lipinski definition) is 4. The Hall–Kier alpha value is -3.41. The summed E-state index contributed by atoms with van der Waals surface area (Å²) < 4.78 is 29.7. The van der Waals surface area contributed by atoms with Gasteiger partial charge in [0.15, 0.2) is 5.78 Å². The van der Waals surface area contributed by atoms with E-state index in [1.807, 2.05) is 64.1 Å². The highest BCUT2D eigenvalue weighted by Gasteiger charge is 2.15. The molecule has 0 unspecified atom stereocenters. The second-order valence-electron chi connectivity index (χ2n) is 7.38. The van der Waals surface area contributed by atoms with Crippen LogP contribution in [-0.4, -0.2) is 38.9 Å². The van der Waals surface area contributed by atoms with Gasteiger partial charge in [0.25, 0.3) is 5.90 Å². The Morgan fingerprint density at radius 2 is 1.38 bits per heavy atom. The molecule has 0 aliphatic rings. The van der Waals surface area contributed by atoms with Gasteiger partial charge < -0.3 is 9.73 Å². The van der Waals surface area contributed by atoms with Gasteiger partial charge >= 0.3 is 6.43 Å². The molecule has 0 aliphatic carbocycles. The summed E-state index contributed by atoms with van der Waals surface area (Å²) in [5.41, 5.74) is 4.60. The molecule has 4 nitrogen and oxygen atoms in total. The Bertz CT molecular complexity index is 921. The van der Waals surface area contributed by atoms with E-state index in [0.29, 0.717) is 5.56 Å². The molecular formula is C31H46F2N2O2. The molecule has 0 atom stereocenters. The minimum atomic E-state index is -2.73. The molecule has 0 saturated heterocycles. The maximum absolute atomic E-state index is 12.4. The fraction of sp³-hybridized carbons (Fsp3) is 0.387. The summed E-state index contributed by atoms with van der Waals surface area (Å²) >= 11 is 0. The van der Waals surface area contributed by atoms with Gasteiger partial charge in [-0.05, 0) is 44.2 Å². The molecular weight excluding hydrogens is 470 g/mol. The minimum Gasteiger partial charge on any atom is -0.438 e. The summed E-state index contributed by atoms with van der Waals surface area (Å²) in [5, 5.41) is 0. The van der Waals surface area contributed by atoms with Crippen molar-refractivity contribution in [3.63, 3.8) is 0 Å². The van der Waals surface area contributed by atoms with Gasteiger partial charge in [-0.15, -0.1) is 0 Å². The quantitative estimate of drug-likeness (QED) is 0.166. The first-order valence-electron chi connectivity index (χ1n) is 12.3. The zero-order valence-electron chi connectivity index (χ0n) is 24.2. The molecule has 0 saturated carbocycles. The van der Waals surface area contributed by atoms with E-state index in [4.69, 9.17) is 4.74 Å². The van der Waals surface area contributed by atoms with Crippen molar-refractivity contribution in [2.24, 2.45) is 9.98 Å². The third-order valence-corrected chi connectivity index (χ3v) is 4.08. The molecule has 0 fully saturated rings. The number of carbonyl (C=O) groups is 1. The number of ether oxygens (including phenoxy) is 1. The molecule has 0 radical (unpaired) electrons. The topological polar surface area (TPSA) is 51.0 Å². The smallest absolute Gasteiger partial charge is 0.312 e. The molecule has 37 heavy (non-hydrogen) atoms. The van der Waals surface area contributed by atoms with Crippen LogP contribution in [0, 0.1) is 0 Å². The first-order chi connectivity index (χ1) is 17.5. The molecule has 206 valence electrons.